The SMILES string of the molecule is COc1ccc2c3c([nH]c2c1)[C@H](CO)N(C(=O)c1cnccn1)CC31CCN(S(=O)(=O)c2ccccc2)CC1. The lowest BCUT2D eigenvalue weighted by Crippen LogP contribution is -2.55. The first-order valence-corrected chi connectivity index (χ1v) is 14.2. The van der Waals surface area contributed by atoms with E-state index in [1.165, 1.54) is 22.9 Å². The molecule has 0 radical (unpaired) electrons. The summed E-state index contributed by atoms with van der Waals surface area (Å²) in [7, 11) is -2.05. The molecule has 1 atom stereocenters. The van der Waals surface area contributed by atoms with E-state index in [9.17, 15) is 18.3 Å². The van der Waals surface area contributed by atoms with E-state index in [4.69, 9.17) is 4.74 Å². The second-order valence-corrected chi connectivity index (χ2v) is 12.0. The first-order valence-electron chi connectivity index (χ1n) is 12.8. The molecule has 0 unspecified atom stereocenters. The predicted octanol–water partition coefficient (Wildman–Crippen LogP) is 2.88. The van der Waals surface area contributed by atoms with E-state index in [0.717, 1.165) is 22.2 Å². The smallest absolute Gasteiger partial charge is 0.274 e. The maximum Gasteiger partial charge on any atom is 0.274 e. The van der Waals surface area contributed by atoms with Gasteiger partial charge in [-0.05, 0) is 42.7 Å². The van der Waals surface area contributed by atoms with Gasteiger partial charge in [-0.1, -0.05) is 18.2 Å². The van der Waals surface area contributed by atoms with Gasteiger partial charge in [0, 0.05) is 60.1 Å². The molecule has 2 aromatic carbocycles. The van der Waals surface area contributed by atoms with Crippen molar-refractivity contribution in [2.75, 3.05) is 33.4 Å². The average molecular weight is 548 g/mol. The number of nitrogens with one attached hydrogen (secondary N) is 1. The number of aromatic nitrogens is 3. The Kier molecular flexibility index (Phi) is 6.37. The number of carbonyl (C=O) groups is 1. The topological polar surface area (TPSA) is 129 Å². The van der Waals surface area contributed by atoms with E-state index < -0.39 is 21.5 Å². The molecule has 1 fully saturated rings. The number of ether oxygens (including phenoxy) is 1. The number of methoxy groups -OCH3 is 1. The van der Waals surface area contributed by atoms with Crippen LogP contribution in [0.1, 0.15) is 40.6 Å². The fourth-order valence-corrected chi connectivity index (χ4v) is 7.54. The minimum absolute atomic E-state index is 0.191. The number of aliphatic hydroxyl groups is 1. The van der Waals surface area contributed by atoms with Crippen LogP contribution in [0.25, 0.3) is 10.9 Å². The van der Waals surface area contributed by atoms with Crippen LogP contribution in [0.15, 0.2) is 72.0 Å². The molecule has 2 aliphatic rings. The second kappa shape index (κ2) is 9.74. The number of hydrogen-bond acceptors (Lipinski definition) is 7. The molecule has 6 rings (SSSR count). The standard InChI is InChI=1S/C28H29N5O5S/c1-38-19-7-8-21-22(15-19)31-26-24(17-34)33(27(35)23-16-29-11-12-30-23)18-28(25(21)26)9-13-32(14-10-28)39(36,37)20-5-3-2-4-6-20/h2-8,11-12,15-16,24,31,34H,9-10,13-14,17-18H2,1H3/t24-/m0/s1. The highest BCUT2D eigenvalue weighted by Crippen LogP contribution is 2.49. The van der Waals surface area contributed by atoms with Gasteiger partial charge in [0.25, 0.3) is 5.91 Å². The largest absolute Gasteiger partial charge is 0.497 e. The normalized spacial score (nSPS) is 19.2. The van der Waals surface area contributed by atoms with Crippen LogP contribution in [-0.2, 0) is 15.4 Å². The van der Waals surface area contributed by atoms with Gasteiger partial charge in [0.2, 0.25) is 10.0 Å². The van der Waals surface area contributed by atoms with Crippen LogP contribution in [-0.4, -0.2) is 76.9 Å². The molecule has 0 aliphatic carbocycles. The monoisotopic (exact) mass is 547 g/mol. The van der Waals surface area contributed by atoms with Gasteiger partial charge in [-0.2, -0.15) is 4.31 Å². The Bertz CT molecular complexity index is 1620. The lowest BCUT2D eigenvalue weighted by atomic mass is 9.68. The van der Waals surface area contributed by atoms with Crippen molar-refractivity contribution in [2.24, 2.45) is 0 Å². The lowest BCUT2D eigenvalue weighted by Gasteiger charge is -2.49. The molecule has 0 saturated carbocycles. The number of benzene rings is 2. The molecule has 11 heteroatoms. The number of hydrogen-bond donors (Lipinski definition) is 2. The lowest BCUT2D eigenvalue weighted by molar-refractivity contribution is 0.0381. The van der Waals surface area contributed by atoms with Crippen molar-refractivity contribution in [3.63, 3.8) is 0 Å². The summed E-state index contributed by atoms with van der Waals surface area (Å²) in [5.41, 5.74) is 2.28. The molecule has 1 saturated heterocycles. The third-order valence-electron chi connectivity index (χ3n) is 8.02. The Hall–Kier alpha value is -3.80. The van der Waals surface area contributed by atoms with Crippen molar-refractivity contribution in [1.29, 1.82) is 0 Å². The molecule has 1 spiro atoms. The highest BCUT2D eigenvalue weighted by atomic mass is 32.2. The second-order valence-electron chi connectivity index (χ2n) is 10.0. The van der Waals surface area contributed by atoms with Crippen LogP contribution in [0, 0.1) is 0 Å². The highest BCUT2D eigenvalue weighted by molar-refractivity contribution is 7.89. The van der Waals surface area contributed by atoms with E-state index in [0.29, 0.717) is 38.2 Å². The van der Waals surface area contributed by atoms with Crippen LogP contribution in [0.2, 0.25) is 0 Å². The molecule has 2 aromatic heterocycles. The Morgan fingerprint density at radius 3 is 2.59 bits per heavy atom. The highest BCUT2D eigenvalue weighted by Gasteiger charge is 2.50. The van der Waals surface area contributed by atoms with Crippen molar-refractivity contribution < 1.29 is 23.1 Å². The van der Waals surface area contributed by atoms with Crippen molar-refractivity contribution in [1.82, 2.24) is 24.2 Å². The molecule has 10 nitrogen and oxygen atoms in total. The van der Waals surface area contributed by atoms with Gasteiger partial charge in [-0.15, -0.1) is 0 Å². The molecular formula is C28H29N5O5S. The zero-order valence-electron chi connectivity index (χ0n) is 21.4. The van der Waals surface area contributed by atoms with Crippen LogP contribution >= 0.6 is 0 Å². The fourth-order valence-electron chi connectivity index (χ4n) is 6.08. The zero-order valence-corrected chi connectivity index (χ0v) is 22.3. The van der Waals surface area contributed by atoms with Gasteiger partial charge in [0.15, 0.2) is 0 Å². The maximum absolute atomic E-state index is 13.7. The van der Waals surface area contributed by atoms with Crippen LogP contribution < -0.4 is 4.74 Å². The molecule has 4 aromatic rings. The Balaban J connectivity index is 1.44. The number of H-pyrrole nitrogens is 1. The number of carbonyl (C=O) groups excluding carboxylic acids is 1. The van der Waals surface area contributed by atoms with E-state index in [2.05, 4.69) is 15.0 Å². The molecule has 4 heterocycles. The van der Waals surface area contributed by atoms with Gasteiger partial charge < -0.3 is 19.7 Å². The Morgan fingerprint density at radius 2 is 1.92 bits per heavy atom. The van der Waals surface area contributed by atoms with Crippen molar-refractivity contribution in [3.8, 4) is 5.75 Å². The van der Waals surface area contributed by atoms with Gasteiger partial charge in [0.05, 0.1) is 30.9 Å². The van der Waals surface area contributed by atoms with E-state index in [1.807, 2.05) is 18.2 Å². The summed E-state index contributed by atoms with van der Waals surface area (Å²) in [6, 6.07) is 13.6. The predicted molar refractivity (Wildman–Crippen MR) is 144 cm³/mol. The summed E-state index contributed by atoms with van der Waals surface area (Å²) in [4.78, 5) is 27.3. The number of piperidine rings is 1. The van der Waals surface area contributed by atoms with Gasteiger partial charge >= 0.3 is 0 Å². The Labute approximate surface area is 226 Å². The third-order valence-corrected chi connectivity index (χ3v) is 9.94. The molecule has 2 N–H and O–H groups in total. The van der Waals surface area contributed by atoms with Gasteiger partial charge in [-0.3, -0.25) is 9.78 Å². The van der Waals surface area contributed by atoms with Gasteiger partial charge in [0.1, 0.15) is 11.4 Å². The molecule has 39 heavy (non-hydrogen) atoms. The number of aliphatic hydroxyl groups excluding tert-OH is 1. The number of sulfonamides is 1. The Morgan fingerprint density at radius 1 is 1.15 bits per heavy atom. The number of amides is 1. The maximum atomic E-state index is 13.7. The van der Waals surface area contributed by atoms with Crippen molar-refractivity contribution in [3.05, 3.63) is 84.1 Å². The van der Waals surface area contributed by atoms with Crippen LogP contribution in [0.4, 0.5) is 0 Å². The van der Waals surface area contributed by atoms with Crippen molar-refractivity contribution >= 4 is 26.8 Å². The summed E-state index contributed by atoms with van der Waals surface area (Å²) < 4.78 is 33.7. The number of nitrogens with zero attached hydrogens (tertiary/aromatic N) is 4. The molecule has 1 amide bonds. The molecular weight excluding hydrogens is 518 g/mol. The van der Waals surface area contributed by atoms with Crippen LogP contribution in [0.5, 0.6) is 5.75 Å². The molecule has 0 bridgehead atoms. The number of aromatic amines is 1. The quantitative estimate of drug-likeness (QED) is 0.393. The van der Waals surface area contributed by atoms with E-state index >= 15 is 0 Å². The minimum atomic E-state index is -3.65. The fraction of sp³-hybridized carbons (Fsp3) is 0.321. The van der Waals surface area contributed by atoms with E-state index in [1.54, 1.807) is 42.3 Å². The third kappa shape index (κ3) is 4.17. The summed E-state index contributed by atoms with van der Waals surface area (Å²) >= 11 is 0. The summed E-state index contributed by atoms with van der Waals surface area (Å²) in [5, 5.41) is 11.5. The van der Waals surface area contributed by atoms with Gasteiger partial charge in [-0.25, -0.2) is 13.4 Å². The van der Waals surface area contributed by atoms with Crippen molar-refractivity contribution in [2.45, 2.75) is 29.2 Å². The zero-order chi connectivity index (χ0) is 27.2. The van der Waals surface area contributed by atoms with Crippen LogP contribution in [0.3, 0.4) is 0 Å². The molecule has 2 aliphatic heterocycles. The summed E-state index contributed by atoms with van der Waals surface area (Å²) in [6.45, 7) is 0.638. The number of fused-ring (bicyclic) bond motifs is 4. The number of rotatable bonds is 5. The van der Waals surface area contributed by atoms with E-state index in [-0.39, 0.29) is 23.1 Å². The summed E-state index contributed by atoms with van der Waals surface area (Å²) in [5.74, 6) is 0.356. The summed E-state index contributed by atoms with van der Waals surface area (Å²) in [6.07, 6.45) is 5.41. The first-order chi connectivity index (χ1) is 18.9. The first kappa shape index (κ1) is 25.5. The molecule has 202 valence electrons. The average Bonchev–Trinajstić information content (AvgIpc) is 3.37. The minimum Gasteiger partial charge on any atom is -0.497 e.